The van der Waals surface area contributed by atoms with Crippen molar-refractivity contribution in [2.45, 2.75) is 19.6 Å². The van der Waals surface area contributed by atoms with Gasteiger partial charge in [-0.05, 0) is 19.9 Å². The minimum atomic E-state index is -0.363. The molecule has 27 heavy (non-hydrogen) atoms. The predicted octanol–water partition coefficient (Wildman–Crippen LogP) is 2.78. The second kappa shape index (κ2) is 8.43. The third-order valence-electron chi connectivity index (χ3n) is 4.70. The van der Waals surface area contributed by atoms with E-state index >= 15 is 0 Å². The summed E-state index contributed by atoms with van der Waals surface area (Å²) in [6, 6.07) is 6.73. The number of benzene rings is 1. The van der Waals surface area contributed by atoms with E-state index in [4.69, 9.17) is 4.52 Å². The van der Waals surface area contributed by atoms with Crippen LogP contribution in [0.1, 0.15) is 17.0 Å². The number of para-hydroxylation sites is 2. The minimum absolute atomic E-state index is 0.0916. The van der Waals surface area contributed by atoms with Crippen molar-refractivity contribution in [3.05, 3.63) is 51.4 Å². The quantitative estimate of drug-likeness (QED) is 0.553. The molecule has 0 N–H and O–H groups in total. The molecule has 8 nitrogen and oxygen atoms in total. The number of aromatic nitrogens is 1. The molecule has 1 amide bonds. The lowest BCUT2D eigenvalue weighted by Gasteiger charge is -2.35. The fourth-order valence-electron chi connectivity index (χ4n) is 3.12. The molecular formula is C18H22N4O4S. The first-order valence-electron chi connectivity index (χ1n) is 8.73. The van der Waals surface area contributed by atoms with Crippen LogP contribution in [0.15, 0.2) is 28.8 Å². The number of amides is 1. The molecule has 2 heterocycles. The van der Waals surface area contributed by atoms with E-state index in [9.17, 15) is 14.9 Å². The van der Waals surface area contributed by atoms with Crippen LogP contribution in [0.25, 0.3) is 0 Å². The zero-order chi connectivity index (χ0) is 19.4. The first-order valence-corrected chi connectivity index (χ1v) is 9.88. The van der Waals surface area contributed by atoms with Crippen LogP contribution in [-0.4, -0.2) is 52.8 Å². The summed E-state index contributed by atoms with van der Waals surface area (Å²) in [6.45, 7) is 6.08. The van der Waals surface area contributed by atoms with Crippen LogP contribution < -0.4 is 4.90 Å². The number of hydrogen-bond acceptors (Lipinski definition) is 7. The maximum absolute atomic E-state index is 12.5. The molecule has 0 atom stereocenters. The summed E-state index contributed by atoms with van der Waals surface area (Å²) in [5.74, 6) is 1.98. The van der Waals surface area contributed by atoms with E-state index in [1.165, 1.54) is 6.07 Å². The average molecular weight is 390 g/mol. The third-order valence-corrected chi connectivity index (χ3v) is 5.65. The zero-order valence-corrected chi connectivity index (χ0v) is 16.2. The van der Waals surface area contributed by atoms with Gasteiger partial charge in [-0.2, -0.15) is 0 Å². The van der Waals surface area contributed by atoms with Crippen LogP contribution in [-0.2, 0) is 10.5 Å². The van der Waals surface area contributed by atoms with Crippen molar-refractivity contribution in [2.75, 3.05) is 36.8 Å². The molecule has 9 heteroatoms. The number of thioether (sulfide) groups is 1. The molecule has 144 valence electrons. The molecule has 1 saturated heterocycles. The van der Waals surface area contributed by atoms with E-state index in [2.05, 4.69) is 5.16 Å². The molecule has 1 aromatic heterocycles. The Labute approximate surface area is 161 Å². The first kappa shape index (κ1) is 19.2. The van der Waals surface area contributed by atoms with Gasteiger partial charge in [-0.3, -0.25) is 14.9 Å². The van der Waals surface area contributed by atoms with Crippen molar-refractivity contribution in [3.63, 3.8) is 0 Å². The van der Waals surface area contributed by atoms with Gasteiger partial charge in [0.05, 0.1) is 16.4 Å². The highest BCUT2D eigenvalue weighted by Crippen LogP contribution is 2.28. The highest BCUT2D eigenvalue weighted by atomic mass is 32.2. The summed E-state index contributed by atoms with van der Waals surface area (Å²) in [5, 5.41) is 15.1. The Balaban J connectivity index is 1.50. The monoisotopic (exact) mass is 390 g/mol. The summed E-state index contributed by atoms with van der Waals surface area (Å²) in [4.78, 5) is 27.1. The topological polar surface area (TPSA) is 92.7 Å². The molecule has 1 fully saturated rings. The van der Waals surface area contributed by atoms with Crippen molar-refractivity contribution in [1.29, 1.82) is 0 Å². The number of rotatable bonds is 6. The second-order valence-corrected chi connectivity index (χ2v) is 7.39. The van der Waals surface area contributed by atoms with Crippen LogP contribution in [0, 0.1) is 24.0 Å². The molecule has 1 aliphatic heterocycles. The van der Waals surface area contributed by atoms with Gasteiger partial charge in [0.15, 0.2) is 0 Å². The Morgan fingerprint density at radius 1 is 1.26 bits per heavy atom. The molecule has 1 aliphatic rings. The van der Waals surface area contributed by atoms with Gasteiger partial charge in [0.25, 0.3) is 5.69 Å². The Bertz CT molecular complexity index is 811. The van der Waals surface area contributed by atoms with Crippen LogP contribution in [0.5, 0.6) is 0 Å². The Hall–Kier alpha value is -2.55. The molecular weight excluding hydrogens is 368 g/mol. The molecule has 0 saturated carbocycles. The summed E-state index contributed by atoms with van der Waals surface area (Å²) in [6.07, 6.45) is 0. The zero-order valence-electron chi connectivity index (χ0n) is 15.4. The molecule has 1 aromatic carbocycles. The number of piperazine rings is 1. The van der Waals surface area contributed by atoms with Gasteiger partial charge in [0.1, 0.15) is 11.4 Å². The van der Waals surface area contributed by atoms with E-state index in [-0.39, 0.29) is 16.5 Å². The molecule has 0 unspecified atom stereocenters. The highest BCUT2D eigenvalue weighted by Gasteiger charge is 2.25. The van der Waals surface area contributed by atoms with Gasteiger partial charge < -0.3 is 14.3 Å². The minimum Gasteiger partial charge on any atom is -0.362 e. The van der Waals surface area contributed by atoms with E-state index in [1.54, 1.807) is 30.0 Å². The summed E-state index contributed by atoms with van der Waals surface area (Å²) < 4.78 is 5.14. The lowest BCUT2D eigenvalue weighted by molar-refractivity contribution is -0.384. The van der Waals surface area contributed by atoms with Crippen LogP contribution in [0.2, 0.25) is 0 Å². The number of nitro benzene ring substituents is 1. The summed E-state index contributed by atoms with van der Waals surface area (Å²) >= 11 is 1.55. The molecule has 0 bridgehead atoms. The highest BCUT2D eigenvalue weighted by molar-refractivity contribution is 7.99. The summed E-state index contributed by atoms with van der Waals surface area (Å²) in [5.41, 5.74) is 2.63. The maximum atomic E-state index is 12.5. The normalized spacial score (nSPS) is 14.4. The van der Waals surface area contributed by atoms with Gasteiger partial charge in [-0.25, -0.2) is 0 Å². The number of carbonyl (C=O) groups is 1. The van der Waals surface area contributed by atoms with Crippen LogP contribution in [0.3, 0.4) is 0 Å². The van der Waals surface area contributed by atoms with E-state index in [0.29, 0.717) is 43.4 Å². The number of nitrogens with zero attached hydrogens (tertiary/aromatic N) is 4. The Kier molecular flexibility index (Phi) is 6.00. The Morgan fingerprint density at radius 3 is 2.59 bits per heavy atom. The second-order valence-electron chi connectivity index (χ2n) is 6.41. The van der Waals surface area contributed by atoms with E-state index in [0.717, 1.165) is 17.0 Å². The fourth-order valence-corrected chi connectivity index (χ4v) is 4.20. The molecule has 0 spiro atoms. The lowest BCUT2D eigenvalue weighted by atomic mass is 10.2. The molecule has 2 aromatic rings. The lowest BCUT2D eigenvalue weighted by Crippen LogP contribution is -2.49. The van der Waals surface area contributed by atoms with Gasteiger partial charge in [-0.15, -0.1) is 11.8 Å². The number of anilines is 1. The third kappa shape index (κ3) is 4.41. The number of nitro groups is 1. The molecule has 3 rings (SSSR count). The van der Waals surface area contributed by atoms with Gasteiger partial charge >= 0.3 is 0 Å². The molecule has 0 aliphatic carbocycles. The SMILES string of the molecule is Cc1noc(C)c1CSCC(=O)N1CCN(c2ccccc2[N+](=O)[O-])CC1. The number of hydrogen-bond donors (Lipinski definition) is 0. The summed E-state index contributed by atoms with van der Waals surface area (Å²) in [7, 11) is 0. The predicted molar refractivity (Wildman–Crippen MR) is 104 cm³/mol. The van der Waals surface area contributed by atoms with E-state index in [1.807, 2.05) is 23.6 Å². The van der Waals surface area contributed by atoms with Crippen LogP contribution >= 0.6 is 11.8 Å². The van der Waals surface area contributed by atoms with Crippen molar-refractivity contribution in [3.8, 4) is 0 Å². The van der Waals surface area contributed by atoms with E-state index < -0.39 is 0 Å². The standard InChI is InChI=1S/C18H22N4O4S/c1-13-15(14(2)26-19-13)11-27-12-18(23)21-9-7-20(8-10-21)16-5-3-4-6-17(16)22(24)25/h3-6H,7-12H2,1-2H3. The molecule has 0 radical (unpaired) electrons. The first-order chi connectivity index (χ1) is 13.0. The maximum Gasteiger partial charge on any atom is 0.292 e. The number of aryl methyl sites for hydroxylation is 2. The van der Waals surface area contributed by atoms with Gasteiger partial charge in [0.2, 0.25) is 5.91 Å². The fraction of sp³-hybridized carbons (Fsp3) is 0.444. The average Bonchev–Trinajstić information content (AvgIpc) is 3.00. The number of carbonyl (C=O) groups excluding carboxylic acids is 1. The Morgan fingerprint density at radius 2 is 1.96 bits per heavy atom. The van der Waals surface area contributed by atoms with Crippen LogP contribution in [0.4, 0.5) is 11.4 Å². The largest absolute Gasteiger partial charge is 0.362 e. The van der Waals surface area contributed by atoms with Gasteiger partial charge in [-0.1, -0.05) is 17.3 Å². The van der Waals surface area contributed by atoms with Crippen molar-refractivity contribution < 1.29 is 14.2 Å². The van der Waals surface area contributed by atoms with Crippen molar-refractivity contribution >= 4 is 29.0 Å². The van der Waals surface area contributed by atoms with Gasteiger partial charge in [0, 0.05) is 43.6 Å². The van der Waals surface area contributed by atoms with Crippen molar-refractivity contribution in [2.24, 2.45) is 0 Å². The smallest absolute Gasteiger partial charge is 0.292 e. The van der Waals surface area contributed by atoms with Crippen molar-refractivity contribution in [1.82, 2.24) is 10.1 Å².